The molecule has 1 amide bonds. The Kier molecular flexibility index (Phi) is 4.02. The molecule has 0 radical (unpaired) electrons. The lowest BCUT2D eigenvalue weighted by atomic mass is 10.1. The second-order valence-electron chi connectivity index (χ2n) is 6.50. The molecule has 0 N–H and O–H groups in total. The van der Waals surface area contributed by atoms with Gasteiger partial charge in [-0.15, -0.1) is 0 Å². The number of carbonyl (C=O) groups is 1. The zero-order valence-electron chi connectivity index (χ0n) is 14.0. The Bertz CT molecular complexity index is 774. The first-order valence-electron chi connectivity index (χ1n) is 8.69. The Morgan fingerprint density at radius 2 is 2.00 bits per heavy atom. The fourth-order valence-corrected chi connectivity index (χ4v) is 3.58. The molecule has 5 heteroatoms. The average Bonchev–Trinajstić information content (AvgIpc) is 3.05. The van der Waals surface area contributed by atoms with Crippen LogP contribution in [0.5, 0.6) is 0 Å². The molecule has 0 atom stereocenters. The normalized spacial score (nSPS) is 16.8. The summed E-state index contributed by atoms with van der Waals surface area (Å²) < 4.78 is 0. The predicted molar refractivity (Wildman–Crippen MR) is 92.9 cm³/mol. The van der Waals surface area contributed by atoms with Gasteiger partial charge in [-0.1, -0.05) is 25.1 Å². The van der Waals surface area contributed by atoms with Crippen molar-refractivity contribution in [1.82, 2.24) is 14.9 Å². The highest BCUT2D eigenvalue weighted by Gasteiger charge is 2.27. The number of fused-ring (bicyclic) bond motifs is 2. The van der Waals surface area contributed by atoms with Gasteiger partial charge in [-0.3, -0.25) is 9.69 Å². The highest BCUT2D eigenvalue weighted by atomic mass is 16.2. The molecular formula is C19H22N4O. The van der Waals surface area contributed by atoms with Crippen LogP contribution in [-0.2, 0) is 30.6 Å². The number of aromatic nitrogens is 2. The average molecular weight is 322 g/mol. The molecule has 24 heavy (non-hydrogen) atoms. The molecule has 0 aliphatic carbocycles. The van der Waals surface area contributed by atoms with Gasteiger partial charge >= 0.3 is 0 Å². The third kappa shape index (κ3) is 2.80. The second-order valence-corrected chi connectivity index (χ2v) is 6.50. The molecule has 2 aliphatic heterocycles. The largest absolute Gasteiger partial charge is 0.311 e. The molecule has 2 aromatic rings. The second kappa shape index (κ2) is 6.32. The van der Waals surface area contributed by atoms with E-state index in [2.05, 4.69) is 27.9 Å². The van der Waals surface area contributed by atoms with Gasteiger partial charge in [-0.05, 0) is 30.0 Å². The van der Waals surface area contributed by atoms with Gasteiger partial charge in [0.25, 0.3) is 0 Å². The summed E-state index contributed by atoms with van der Waals surface area (Å²) in [5.74, 6) is 1.07. The van der Waals surface area contributed by atoms with Crippen LogP contribution in [0.15, 0.2) is 30.5 Å². The molecule has 0 unspecified atom stereocenters. The quantitative estimate of drug-likeness (QED) is 0.867. The van der Waals surface area contributed by atoms with E-state index in [0.717, 1.165) is 56.1 Å². The van der Waals surface area contributed by atoms with Crippen molar-refractivity contribution in [2.75, 3.05) is 24.5 Å². The maximum absolute atomic E-state index is 12.8. The van der Waals surface area contributed by atoms with Crippen LogP contribution in [0.4, 0.5) is 5.69 Å². The van der Waals surface area contributed by atoms with E-state index in [-0.39, 0.29) is 5.91 Å². The molecule has 1 aromatic carbocycles. The van der Waals surface area contributed by atoms with E-state index in [1.807, 2.05) is 29.3 Å². The summed E-state index contributed by atoms with van der Waals surface area (Å²) in [5, 5.41) is 0. The highest BCUT2D eigenvalue weighted by Crippen LogP contribution is 2.27. The van der Waals surface area contributed by atoms with Crippen molar-refractivity contribution >= 4 is 11.6 Å². The molecule has 0 saturated carbocycles. The molecule has 0 bridgehead atoms. The first-order chi connectivity index (χ1) is 11.7. The zero-order chi connectivity index (χ0) is 16.5. The Balaban J connectivity index is 1.46. The topological polar surface area (TPSA) is 49.3 Å². The zero-order valence-corrected chi connectivity index (χ0v) is 14.0. The Morgan fingerprint density at radius 3 is 2.88 bits per heavy atom. The van der Waals surface area contributed by atoms with E-state index in [1.165, 1.54) is 11.1 Å². The molecular weight excluding hydrogens is 300 g/mol. The summed E-state index contributed by atoms with van der Waals surface area (Å²) in [6.45, 7) is 4.95. The van der Waals surface area contributed by atoms with Gasteiger partial charge in [-0.2, -0.15) is 0 Å². The number of anilines is 1. The molecule has 0 saturated heterocycles. The van der Waals surface area contributed by atoms with Crippen molar-refractivity contribution in [2.45, 2.75) is 32.7 Å². The van der Waals surface area contributed by atoms with Crippen LogP contribution in [0, 0.1) is 0 Å². The van der Waals surface area contributed by atoms with Gasteiger partial charge in [0.15, 0.2) is 0 Å². The molecule has 0 fully saturated rings. The summed E-state index contributed by atoms with van der Waals surface area (Å²) >= 11 is 0. The van der Waals surface area contributed by atoms with E-state index < -0.39 is 0 Å². The number of hydrogen-bond acceptors (Lipinski definition) is 4. The van der Waals surface area contributed by atoms with E-state index in [4.69, 9.17) is 0 Å². The van der Waals surface area contributed by atoms with Crippen molar-refractivity contribution in [1.29, 1.82) is 0 Å². The first kappa shape index (κ1) is 15.3. The van der Waals surface area contributed by atoms with Gasteiger partial charge in [-0.25, -0.2) is 9.97 Å². The van der Waals surface area contributed by atoms with Crippen LogP contribution in [0.2, 0.25) is 0 Å². The van der Waals surface area contributed by atoms with Gasteiger partial charge < -0.3 is 4.90 Å². The summed E-state index contributed by atoms with van der Waals surface area (Å²) in [7, 11) is 0. The van der Waals surface area contributed by atoms with Crippen molar-refractivity contribution in [3.05, 3.63) is 53.1 Å². The molecule has 124 valence electrons. The first-order valence-corrected chi connectivity index (χ1v) is 8.69. The Morgan fingerprint density at radius 1 is 1.17 bits per heavy atom. The maximum atomic E-state index is 12.8. The van der Waals surface area contributed by atoms with Gasteiger partial charge in [0, 0.05) is 37.9 Å². The molecule has 1 aromatic heterocycles. The van der Waals surface area contributed by atoms with Crippen LogP contribution in [0.25, 0.3) is 0 Å². The van der Waals surface area contributed by atoms with Crippen LogP contribution < -0.4 is 4.90 Å². The number of hydrogen-bond donors (Lipinski definition) is 0. The number of carbonyl (C=O) groups excluding carboxylic acids is 1. The highest BCUT2D eigenvalue weighted by molar-refractivity contribution is 5.96. The van der Waals surface area contributed by atoms with Crippen LogP contribution in [0.3, 0.4) is 0 Å². The van der Waals surface area contributed by atoms with E-state index in [0.29, 0.717) is 6.54 Å². The lowest BCUT2D eigenvalue weighted by Crippen LogP contribution is -2.42. The van der Waals surface area contributed by atoms with Crippen molar-refractivity contribution in [3.8, 4) is 0 Å². The maximum Gasteiger partial charge on any atom is 0.241 e. The number of para-hydroxylation sites is 1. The van der Waals surface area contributed by atoms with Crippen molar-refractivity contribution < 1.29 is 4.79 Å². The minimum Gasteiger partial charge on any atom is -0.311 e. The van der Waals surface area contributed by atoms with Crippen LogP contribution >= 0.6 is 0 Å². The number of amides is 1. The SMILES string of the molecule is CCc1ncc2c(n1)CN(CC(=O)N1CCc3ccccc31)CC2. The fourth-order valence-electron chi connectivity index (χ4n) is 3.58. The number of nitrogens with zero attached hydrogens (tertiary/aromatic N) is 4. The third-order valence-corrected chi connectivity index (χ3v) is 4.94. The lowest BCUT2D eigenvalue weighted by molar-refractivity contribution is -0.119. The molecule has 3 heterocycles. The minimum atomic E-state index is 0.188. The minimum absolute atomic E-state index is 0.188. The van der Waals surface area contributed by atoms with Gasteiger partial charge in [0.05, 0.1) is 12.2 Å². The summed E-state index contributed by atoms with van der Waals surface area (Å²) in [6.07, 6.45) is 4.68. The summed E-state index contributed by atoms with van der Waals surface area (Å²) in [5.41, 5.74) is 4.66. The summed E-state index contributed by atoms with van der Waals surface area (Å²) in [4.78, 5) is 25.9. The van der Waals surface area contributed by atoms with E-state index >= 15 is 0 Å². The standard InChI is InChI=1S/C19H22N4O/c1-2-18-20-11-15-7-9-22(12-16(15)21-18)13-19(24)23-10-8-14-5-3-4-6-17(14)23/h3-6,11H,2,7-10,12-13H2,1H3. The fraction of sp³-hybridized carbons (Fsp3) is 0.421. The Hall–Kier alpha value is -2.27. The van der Waals surface area contributed by atoms with Crippen molar-refractivity contribution in [3.63, 3.8) is 0 Å². The molecule has 0 spiro atoms. The van der Waals surface area contributed by atoms with E-state index in [1.54, 1.807) is 0 Å². The smallest absolute Gasteiger partial charge is 0.241 e. The molecule has 2 aliphatic rings. The molecule has 5 nitrogen and oxygen atoms in total. The number of rotatable bonds is 3. The number of aryl methyl sites for hydroxylation is 1. The number of benzene rings is 1. The van der Waals surface area contributed by atoms with Gasteiger partial charge in [0.1, 0.15) is 5.82 Å². The predicted octanol–water partition coefficient (Wildman–Crippen LogP) is 1.99. The van der Waals surface area contributed by atoms with Crippen LogP contribution in [-0.4, -0.2) is 40.4 Å². The molecule has 4 rings (SSSR count). The lowest BCUT2D eigenvalue weighted by Gasteiger charge is -2.29. The monoisotopic (exact) mass is 322 g/mol. The summed E-state index contributed by atoms with van der Waals surface area (Å²) in [6, 6.07) is 8.21. The Labute approximate surface area is 142 Å². The van der Waals surface area contributed by atoms with E-state index in [9.17, 15) is 4.79 Å². The van der Waals surface area contributed by atoms with Crippen LogP contribution in [0.1, 0.15) is 29.6 Å². The third-order valence-electron chi connectivity index (χ3n) is 4.94. The van der Waals surface area contributed by atoms with Crippen molar-refractivity contribution in [2.24, 2.45) is 0 Å². The van der Waals surface area contributed by atoms with Gasteiger partial charge in [0.2, 0.25) is 5.91 Å².